The Morgan fingerprint density at radius 1 is 1.02 bits per heavy atom. The van der Waals surface area contributed by atoms with Gasteiger partial charge in [0.25, 0.3) is 5.91 Å². The van der Waals surface area contributed by atoms with Gasteiger partial charge in [-0.1, -0.05) is 61.8 Å². The summed E-state index contributed by atoms with van der Waals surface area (Å²) in [5.74, 6) is -2.88. The van der Waals surface area contributed by atoms with Gasteiger partial charge in [-0.15, -0.1) is 11.3 Å². The summed E-state index contributed by atoms with van der Waals surface area (Å²) < 4.78 is 5.39. The normalized spacial score (nSPS) is 22.6. The number of β-amino-alcohol motifs (C(OH)–C–C–N with tert-alkyl or cyclic N) is 1. The maximum absolute atomic E-state index is 14.3. The van der Waals surface area contributed by atoms with Gasteiger partial charge in [-0.25, -0.2) is 4.98 Å². The molecule has 5 heterocycles. The molecule has 3 saturated heterocycles. The molecular weight excluding hydrogens is 827 g/mol. The Balaban J connectivity index is 0.964. The second-order valence-electron chi connectivity index (χ2n) is 18.2. The number of nitrogens with one attached hydrogen (secondary N) is 2. The number of likely N-dealkylation sites (tertiary alicyclic amines) is 1. The number of aliphatic hydroxyl groups is 1. The molecule has 5 N–H and O–H groups in total. The molecular formula is C45H57N9O8S. The molecule has 0 radical (unpaired) electrons. The van der Waals surface area contributed by atoms with Gasteiger partial charge in [0.15, 0.2) is 11.3 Å². The standard InChI is InChI=1S/C45H57N9O8S/c1-24-8-15-35-31(18-24)37(50-62-35)43(60)52-17-16-29-13-14-33(54(29)41(58)32(46)21-52)42(59)51(7)22-36(56)49-39(45(4,5)6)44(61)53-20-30(55)19-34(53)40(57)48-25(2)27-9-11-28(12-10-27)38-26(3)47-23-63-38/h8-12,15,18,23,25,29-30,32-34,39,55H,13-14,16-17,19-22,46H2,1-7H3,(H,48,57)(H,49,56)/t25-,29+,30+,32-,33-,34-,39+/m0/s1. The Labute approximate surface area is 370 Å². The average Bonchev–Trinajstić information content (AvgIpc) is 4.05. The summed E-state index contributed by atoms with van der Waals surface area (Å²) in [6.45, 7) is 10.7. The summed E-state index contributed by atoms with van der Waals surface area (Å²) in [7, 11) is 1.47. The van der Waals surface area contributed by atoms with E-state index in [1.807, 2.05) is 57.2 Å². The number of carbonyl (C=O) groups excluding carboxylic acids is 6. The first kappa shape index (κ1) is 45.3. The summed E-state index contributed by atoms with van der Waals surface area (Å²) in [4.78, 5) is 94.3. The lowest BCUT2D eigenvalue weighted by molar-refractivity contribution is -0.148. The average molecular weight is 884 g/mol. The van der Waals surface area contributed by atoms with E-state index in [1.54, 1.807) is 43.7 Å². The van der Waals surface area contributed by atoms with Gasteiger partial charge in [0.2, 0.25) is 29.5 Å². The van der Waals surface area contributed by atoms with Gasteiger partial charge < -0.3 is 45.6 Å². The van der Waals surface area contributed by atoms with E-state index in [0.29, 0.717) is 30.2 Å². The lowest BCUT2D eigenvalue weighted by Gasteiger charge is -2.38. The summed E-state index contributed by atoms with van der Waals surface area (Å²) >= 11 is 1.55. The van der Waals surface area contributed by atoms with Crippen molar-refractivity contribution in [3.63, 3.8) is 0 Å². The number of likely N-dealkylation sites (N-methyl/N-ethyl adjacent to an activating group) is 1. The lowest BCUT2D eigenvalue weighted by atomic mass is 9.85. The fraction of sp³-hybridized carbons (Fsp3) is 0.511. The van der Waals surface area contributed by atoms with Crippen molar-refractivity contribution < 1.29 is 38.4 Å². The predicted molar refractivity (Wildman–Crippen MR) is 235 cm³/mol. The topological polar surface area (TPSA) is 225 Å². The third-order valence-electron chi connectivity index (χ3n) is 12.4. The highest BCUT2D eigenvalue weighted by atomic mass is 32.1. The molecule has 63 heavy (non-hydrogen) atoms. The molecule has 0 aliphatic carbocycles. The van der Waals surface area contributed by atoms with Gasteiger partial charge in [0.05, 0.1) is 40.2 Å². The minimum atomic E-state index is -1.11. The van der Waals surface area contributed by atoms with Gasteiger partial charge in [-0.05, 0) is 68.7 Å². The zero-order chi connectivity index (χ0) is 45.5. The number of aliphatic hydroxyl groups excluding tert-OH is 1. The van der Waals surface area contributed by atoms with Crippen LogP contribution in [0.2, 0.25) is 0 Å². The van der Waals surface area contributed by atoms with Crippen LogP contribution in [0.5, 0.6) is 0 Å². The molecule has 17 nitrogen and oxygen atoms in total. The molecule has 7 atom stereocenters. The van der Waals surface area contributed by atoms with Gasteiger partial charge in [0.1, 0.15) is 24.2 Å². The van der Waals surface area contributed by atoms with Gasteiger partial charge in [-0.2, -0.15) is 0 Å². The van der Waals surface area contributed by atoms with Gasteiger partial charge >= 0.3 is 0 Å². The number of hydrogen-bond donors (Lipinski definition) is 4. The maximum atomic E-state index is 14.3. The van der Waals surface area contributed by atoms with Crippen LogP contribution in [-0.4, -0.2) is 140 Å². The summed E-state index contributed by atoms with van der Waals surface area (Å²) in [6.07, 6.45) is 0.336. The van der Waals surface area contributed by atoms with E-state index < -0.39 is 83.7 Å². The zero-order valence-electron chi connectivity index (χ0n) is 36.8. The Morgan fingerprint density at radius 2 is 1.75 bits per heavy atom. The number of benzene rings is 2. The number of aryl methyl sites for hydroxylation is 2. The molecule has 3 aliphatic rings. The Morgan fingerprint density at radius 3 is 2.43 bits per heavy atom. The van der Waals surface area contributed by atoms with Crippen LogP contribution in [0.25, 0.3) is 21.4 Å². The van der Waals surface area contributed by atoms with E-state index in [4.69, 9.17) is 10.3 Å². The number of fused-ring (bicyclic) bond motifs is 2. The highest BCUT2D eigenvalue weighted by Gasteiger charge is 2.47. The molecule has 7 rings (SSSR count). The first-order valence-corrected chi connectivity index (χ1v) is 22.3. The van der Waals surface area contributed by atoms with Crippen molar-refractivity contribution in [3.8, 4) is 10.4 Å². The Kier molecular flexibility index (Phi) is 13.1. The molecule has 18 heteroatoms. The van der Waals surface area contributed by atoms with Crippen molar-refractivity contribution in [2.24, 2.45) is 11.1 Å². The highest BCUT2D eigenvalue weighted by molar-refractivity contribution is 7.13. The van der Waals surface area contributed by atoms with Crippen molar-refractivity contribution in [3.05, 3.63) is 70.5 Å². The number of amides is 6. The van der Waals surface area contributed by atoms with Crippen LogP contribution in [-0.2, 0) is 24.0 Å². The number of carbonyl (C=O) groups is 6. The highest BCUT2D eigenvalue weighted by Crippen LogP contribution is 2.32. The summed E-state index contributed by atoms with van der Waals surface area (Å²) in [5, 5.41) is 21.1. The second-order valence-corrected chi connectivity index (χ2v) is 19.1. The SMILES string of the molecule is Cc1ccc2onc(C(=O)N3CC[C@H]4CC[C@@H](C(=O)N(C)CC(=O)N[C@H](C(=O)N5C[C@H](O)C[C@H]5C(=O)N[C@@H](C)c5ccc(-c6scnc6C)cc5)C(C)(C)C)N4C(=O)[C@@H](N)C3)c2c1. The smallest absolute Gasteiger partial charge is 0.276 e. The Hall–Kier alpha value is -5.72. The first-order valence-electron chi connectivity index (χ1n) is 21.4. The number of aromatic nitrogens is 2. The van der Waals surface area contributed by atoms with Crippen LogP contribution in [0.3, 0.4) is 0 Å². The van der Waals surface area contributed by atoms with E-state index in [0.717, 1.165) is 27.3 Å². The van der Waals surface area contributed by atoms with E-state index >= 15 is 0 Å². The maximum Gasteiger partial charge on any atom is 0.276 e. The van der Waals surface area contributed by atoms with E-state index in [-0.39, 0.29) is 37.8 Å². The molecule has 336 valence electrons. The van der Waals surface area contributed by atoms with E-state index in [2.05, 4.69) is 20.8 Å². The molecule has 3 aliphatic heterocycles. The minimum absolute atomic E-state index is 0.0318. The second kappa shape index (κ2) is 18.2. The molecule has 3 fully saturated rings. The number of rotatable bonds is 10. The van der Waals surface area contributed by atoms with E-state index in [9.17, 15) is 33.9 Å². The molecule has 4 aromatic rings. The molecule has 6 amide bonds. The van der Waals surface area contributed by atoms with Crippen LogP contribution in [0.15, 0.2) is 52.5 Å². The first-order chi connectivity index (χ1) is 29.8. The van der Waals surface area contributed by atoms with Crippen LogP contribution in [0, 0.1) is 19.3 Å². The van der Waals surface area contributed by atoms with Crippen molar-refractivity contribution in [1.29, 1.82) is 0 Å². The third kappa shape index (κ3) is 9.48. The van der Waals surface area contributed by atoms with Crippen LogP contribution >= 0.6 is 11.3 Å². The van der Waals surface area contributed by atoms with E-state index in [1.165, 1.54) is 26.6 Å². The quantitative estimate of drug-likeness (QED) is 0.181. The molecule has 0 saturated carbocycles. The minimum Gasteiger partial charge on any atom is -0.391 e. The zero-order valence-corrected chi connectivity index (χ0v) is 37.6. The largest absolute Gasteiger partial charge is 0.391 e. The molecule has 2 aromatic carbocycles. The summed E-state index contributed by atoms with van der Waals surface area (Å²) in [6, 6.07) is 8.44. The lowest BCUT2D eigenvalue weighted by Crippen LogP contribution is -2.60. The number of hydrogen-bond acceptors (Lipinski definition) is 12. The fourth-order valence-electron chi connectivity index (χ4n) is 8.96. The van der Waals surface area contributed by atoms with Crippen molar-refractivity contribution >= 4 is 57.7 Å². The van der Waals surface area contributed by atoms with Gasteiger partial charge in [0, 0.05) is 39.1 Å². The summed E-state index contributed by atoms with van der Waals surface area (Å²) in [5.41, 5.74) is 11.8. The number of thiazole rings is 1. The third-order valence-corrected chi connectivity index (χ3v) is 13.4. The monoisotopic (exact) mass is 883 g/mol. The Bertz CT molecular complexity index is 2390. The van der Waals surface area contributed by atoms with Crippen molar-refractivity contribution in [2.75, 3.05) is 33.2 Å². The molecule has 2 aromatic heterocycles. The van der Waals surface area contributed by atoms with Crippen molar-refractivity contribution in [2.45, 2.75) is 110 Å². The molecule has 0 unspecified atom stereocenters. The number of nitrogens with zero attached hydrogens (tertiary/aromatic N) is 6. The fourth-order valence-corrected chi connectivity index (χ4v) is 9.77. The number of nitrogens with two attached hydrogens (primary N) is 1. The molecule has 0 bridgehead atoms. The van der Waals surface area contributed by atoms with Crippen LogP contribution in [0.4, 0.5) is 0 Å². The van der Waals surface area contributed by atoms with Crippen LogP contribution < -0.4 is 16.4 Å². The van der Waals surface area contributed by atoms with Crippen LogP contribution in [0.1, 0.15) is 86.7 Å². The van der Waals surface area contributed by atoms with Gasteiger partial charge in [-0.3, -0.25) is 28.8 Å². The molecule has 0 spiro atoms. The predicted octanol–water partition coefficient (Wildman–Crippen LogP) is 2.93. The van der Waals surface area contributed by atoms with Crippen molar-refractivity contribution in [1.82, 2.24) is 40.4 Å².